The van der Waals surface area contributed by atoms with E-state index >= 15 is 0 Å². The molecule has 6 heteroatoms. The van der Waals surface area contributed by atoms with Crippen LogP contribution in [0.4, 0.5) is 5.82 Å². The van der Waals surface area contributed by atoms with E-state index in [0.29, 0.717) is 11.0 Å². The van der Waals surface area contributed by atoms with Crippen molar-refractivity contribution in [2.45, 2.75) is 19.9 Å². The maximum Gasteiger partial charge on any atom is 0.149 e. The van der Waals surface area contributed by atoms with Crippen LogP contribution in [-0.4, -0.2) is 15.0 Å². The molecule has 0 bridgehead atoms. The Morgan fingerprint density at radius 1 is 1.38 bits per heavy atom. The second kappa shape index (κ2) is 4.76. The summed E-state index contributed by atoms with van der Waals surface area (Å²) in [6.45, 7) is 4.06. The minimum atomic E-state index is 0.103. The van der Waals surface area contributed by atoms with Crippen molar-refractivity contribution in [3.8, 4) is 0 Å². The number of aromatic nitrogens is 3. The van der Waals surface area contributed by atoms with Crippen LogP contribution < -0.4 is 5.32 Å². The van der Waals surface area contributed by atoms with Crippen molar-refractivity contribution in [1.29, 1.82) is 0 Å². The Morgan fingerprint density at radius 3 is 2.81 bits per heavy atom. The third-order valence-electron chi connectivity index (χ3n) is 1.98. The maximum atomic E-state index is 5.75. The average Bonchev–Trinajstić information content (AvgIpc) is 2.65. The Balaban J connectivity index is 2.10. The summed E-state index contributed by atoms with van der Waals surface area (Å²) in [5.41, 5.74) is 0. The van der Waals surface area contributed by atoms with Crippen molar-refractivity contribution in [2.24, 2.45) is 0 Å². The lowest BCUT2D eigenvalue weighted by molar-refractivity contribution is 0.858. The van der Waals surface area contributed by atoms with Crippen LogP contribution in [0.3, 0.4) is 0 Å². The zero-order valence-corrected chi connectivity index (χ0v) is 10.5. The molecule has 0 aliphatic heterocycles. The fraction of sp³-hybridized carbons (Fsp3) is 0.300. The van der Waals surface area contributed by atoms with E-state index in [1.165, 1.54) is 11.1 Å². The van der Waals surface area contributed by atoms with Gasteiger partial charge < -0.3 is 5.32 Å². The van der Waals surface area contributed by atoms with Gasteiger partial charge in [0.05, 0.1) is 18.4 Å². The Bertz CT molecular complexity index is 485. The lowest BCUT2D eigenvalue weighted by atomic mass is 10.3. The van der Waals surface area contributed by atoms with E-state index in [1.807, 2.05) is 20.0 Å². The fourth-order valence-corrected chi connectivity index (χ4v) is 2.19. The second-order valence-electron chi connectivity index (χ2n) is 3.40. The molecular formula is C10H11ClN4S. The van der Waals surface area contributed by atoms with Gasteiger partial charge in [0, 0.05) is 11.1 Å². The monoisotopic (exact) mass is 254 g/mol. The second-order valence-corrected chi connectivity index (χ2v) is 5.06. The molecule has 2 heterocycles. The summed E-state index contributed by atoms with van der Waals surface area (Å²) in [7, 11) is 0. The maximum absolute atomic E-state index is 5.75. The van der Waals surface area contributed by atoms with Gasteiger partial charge in [-0.2, -0.15) is 0 Å². The smallest absolute Gasteiger partial charge is 0.149 e. The summed E-state index contributed by atoms with van der Waals surface area (Å²) in [5.74, 6) is 0.660. The van der Waals surface area contributed by atoms with Crippen LogP contribution >= 0.6 is 22.9 Å². The molecule has 0 amide bonds. The van der Waals surface area contributed by atoms with Gasteiger partial charge in [-0.05, 0) is 13.8 Å². The standard InChI is InChI=1S/C10H11ClN4S/c1-6-3-13-10(16-6)7(2)14-9-5-12-4-8(11)15-9/h3-5,7H,1-2H3,(H,14,15). The van der Waals surface area contributed by atoms with Gasteiger partial charge in [-0.25, -0.2) is 9.97 Å². The molecule has 0 aliphatic rings. The molecule has 1 atom stereocenters. The molecule has 2 aromatic rings. The molecular weight excluding hydrogens is 244 g/mol. The van der Waals surface area contributed by atoms with Gasteiger partial charge in [0.1, 0.15) is 16.0 Å². The highest BCUT2D eigenvalue weighted by Crippen LogP contribution is 2.22. The molecule has 2 rings (SSSR count). The van der Waals surface area contributed by atoms with E-state index in [1.54, 1.807) is 17.5 Å². The SMILES string of the molecule is Cc1cnc(C(C)Nc2cncc(Cl)n2)s1. The minimum Gasteiger partial charge on any atom is -0.360 e. The number of hydrogen-bond donors (Lipinski definition) is 1. The van der Waals surface area contributed by atoms with E-state index in [0.717, 1.165) is 5.01 Å². The summed E-state index contributed by atoms with van der Waals surface area (Å²) in [5, 5.41) is 4.61. The van der Waals surface area contributed by atoms with E-state index in [-0.39, 0.29) is 6.04 Å². The molecule has 84 valence electrons. The summed E-state index contributed by atoms with van der Waals surface area (Å²) in [6, 6.07) is 0.103. The van der Waals surface area contributed by atoms with Crippen molar-refractivity contribution >= 4 is 28.8 Å². The molecule has 0 aromatic carbocycles. The third kappa shape index (κ3) is 2.68. The lowest BCUT2D eigenvalue weighted by Gasteiger charge is -2.11. The number of nitrogens with zero attached hydrogens (tertiary/aromatic N) is 3. The predicted octanol–water partition coefficient (Wildman–Crippen LogP) is 3.07. The minimum absolute atomic E-state index is 0.103. The topological polar surface area (TPSA) is 50.7 Å². The highest BCUT2D eigenvalue weighted by molar-refractivity contribution is 7.11. The number of nitrogens with one attached hydrogen (secondary N) is 1. The van der Waals surface area contributed by atoms with E-state index < -0.39 is 0 Å². The van der Waals surface area contributed by atoms with Crippen molar-refractivity contribution in [3.05, 3.63) is 33.6 Å². The summed E-state index contributed by atoms with van der Waals surface area (Å²) in [4.78, 5) is 13.6. The van der Waals surface area contributed by atoms with E-state index in [2.05, 4.69) is 20.3 Å². The molecule has 2 aromatic heterocycles. The molecule has 0 aliphatic carbocycles. The highest BCUT2D eigenvalue weighted by Gasteiger charge is 2.09. The number of hydrogen-bond acceptors (Lipinski definition) is 5. The Hall–Kier alpha value is -1.20. The number of halogens is 1. The first-order chi connectivity index (χ1) is 7.65. The quantitative estimate of drug-likeness (QED) is 0.915. The van der Waals surface area contributed by atoms with Crippen LogP contribution in [0.1, 0.15) is 22.9 Å². The fourth-order valence-electron chi connectivity index (χ4n) is 1.27. The predicted molar refractivity (Wildman–Crippen MR) is 65.9 cm³/mol. The van der Waals surface area contributed by atoms with Crippen LogP contribution in [0.5, 0.6) is 0 Å². The van der Waals surface area contributed by atoms with Crippen LogP contribution in [0.25, 0.3) is 0 Å². The first-order valence-corrected chi connectivity index (χ1v) is 6.01. The van der Waals surface area contributed by atoms with Crippen molar-refractivity contribution in [3.63, 3.8) is 0 Å². The van der Waals surface area contributed by atoms with Crippen LogP contribution in [0, 0.1) is 6.92 Å². The number of rotatable bonds is 3. The number of anilines is 1. The van der Waals surface area contributed by atoms with Crippen molar-refractivity contribution < 1.29 is 0 Å². The first-order valence-electron chi connectivity index (χ1n) is 4.81. The molecule has 4 nitrogen and oxygen atoms in total. The molecule has 1 unspecified atom stereocenters. The van der Waals surface area contributed by atoms with Crippen LogP contribution in [-0.2, 0) is 0 Å². The van der Waals surface area contributed by atoms with Gasteiger partial charge in [0.2, 0.25) is 0 Å². The van der Waals surface area contributed by atoms with Gasteiger partial charge in [-0.15, -0.1) is 11.3 Å². The van der Waals surface area contributed by atoms with Gasteiger partial charge in [-0.1, -0.05) is 11.6 Å². The normalized spacial score (nSPS) is 12.4. The molecule has 16 heavy (non-hydrogen) atoms. The Morgan fingerprint density at radius 2 is 2.19 bits per heavy atom. The van der Waals surface area contributed by atoms with Gasteiger partial charge >= 0.3 is 0 Å². The Kier molecular flexibility index (Phi) is 3.36. The average molecular weight is 255 g/mol. The van der Waals surface area contributed by atoms with Crippen LogP contribution in [0.15, 0.2) is 18.6 Å². The summed E-state index contributed by atoms with van der Waals surface area (Å²) in [6.07, 6.45) is 5.01. The summed E-state index contributed by atoms with van der Waals surface area (Å²) < 4.78 is 0. The molecule has 0 fully saturated rings. The van der Waals surface area contributed by atoms with E-state index in [4.69, 9.17) is 11.6 Å². The van der Waals surface area contributed by atoms with Gasteiger partial charge in [0.25, 0.3) is 0 Å². The molecule has 1 N–H and O–H groups in total. The van der Waals surface area contributed by atoms with E-state index in [9.17, 15) is 0 Å². The lowest BCUT2D eigenvalue weighted by Crippen LogP contribution is -2.07. The van der Waals surface area contributed by atoms with Gasteiger partial charge in [-0.3, -0.25) is 4.98 Å². The van der Waals surface area contributed by atoms with Crippen molar-refractivity contribution in [2.75, 3.05) is 5.32 Å². The molecule has 0 saturated carbocycles. The number of thiazole rings is 1. The largest absolute Gasteiger partial charge is 0.360 e. The zero-order valence-electron chi connectivity index (χ0n) is 8.94. The van der Waals surface area contributed by atoms with Crippen molar-refractivity contribution in [1.82, 2.24) is 15.0 Å². The zero-order chi connectivity index (χ0) is 11.5. The third-order valence-corrected chi connectivity index (χ3v) is 3.26. The molecule has 0 spiro atoms. The first kappa shape index (κ1) is 11.3. The Labute approximate surface area is 103 Å². The molecule has 0 saturated heterocycles. The van der Waals surface area contributed by atoms with Crippen LogP contribution in [0.2, 0.25) is 5.15 Å². The summed E-state index contributed by atoms with van der Waals surface area (Å²) >= 11 is 7.42. The molecule has 0 radical (unpaired) electrons. The number of aryl methyl sites for hydroxylation is 1. The highest BCUT2D eigenvalue weighted by atomic mass is 35.5. The van der Waals surface area contributed by atoms with Gasteiger partial charge in [0.15, 0.2) is 0 Å².